The highest BCUT2D eigenvalue weighted by atomic mass is 16.3. The zero-order chi connectivity index (χ0) is 8.20. The number of hydrogen-bond acceptors (Lipinski definition) is 3. The van der Waals surface area contributed by atoms with E-state index in [2.05, 4.69) is 5.32 Å². The molecular weight excluding hydrogens is 130 g/mol. The molecule has 0 aromatic heterocycles. The summed E-state index contributed by atoms with van der Waals surface area (Å²) < 4.78 is 0. The van der Waals surface area contributed by atoms with Crippen molar-refractivity contribution in [1.82, 2.24) is 5.32 Å². The quantitative estimate of drug-likeness (QED) is 0.513. The van der Waals surface area contributed by atoms with Crippen molar-refractivity contribution < 1.29 is 10.2 Å². The maximum atomic E-state index is 9.16. The predicted molar refractivity (Wildman–Crippen MR) is 40.8 cm³/mol. The molecule has 0 saturated heterocycles. The van der Waals surface area contributed by atoms with Crippen molar-refractivity contribution in [3.8, 4) is 0 Å². The van der Waals surface area contributed by atoms with E-state index in [0.29, 0.717) is 6.54 Å². The SMILES string of the molecule is CC(O)C(C)(C)NCCO. The molecule has 0 amide bonds. The lowest BCUT2D eigenvalue weighted by Crippen LogP contribution is -2.49. The Hall–Kier alpha value is -0.120. The van der Waals surface area contributed by atoms with Crippen molar-refractivity contribution in [3.05, 3.63) is 0 Å². The van der Waals surface area contributed by atoms with Crippen LogP contribution in [0.3, 0.4) is 0 Å². The fourth-order valence-corrected chi connectivity index (χ4v) is 0.526. The van der Waals surface area contributed by atoms with E-state index in [1.54, 1.807) is 6.92 Å². The average molecular weight is 147 g/mol. The molecule has 3 nitrogen and oxygen atoms in total. The second kappa shape index (κ2) is 3.91. The molecule has 0 rings (SSSR count). The highest BCUT2D eigenvalue weighted by Gasteiger charge is 2.22. The van der Waals surface area contributed by atoms with Gasteiger partial charge < -0.3 is 15.5 Å². The number of nitrogens with one attached hydrogen (secondary N) is 1. The normalized spacial score (nSPS) is 15.3. The van der Waals surface area contributed by atoms with Gasteiger partial charge in [-0.3, -0.25) is 0 Å². The monoisotopic (exact) mass is 147 g/mol. The Bertz CT molecular complexity index is 91.6. The van der Waals surface area contributed by atoms with Crippen molar-refractivity contribution in [2.24, 2.45) is 0 Å². The Labute approximate surface area is 62.1 Å². The van der Waals surface area contributed by atoms with E-state index in [-0.39, 0.29) is 12.1 Å². The highest BCUT2D eigenvalue weighted by molar-refractivity contribution is 4.82. The van der Waals surface area contributed by atoms with Gasteiger partial charge in [0.15, 0.2) is 0 Å². The van der Waals surface area contributed by atoms with Gasteiger partial charge in [0, 0.05) is 12.1 Å². The Balaban J connectivity index is 3.63. The summed E-state index contributed by atoms with van der Waals surface area (Å²) in [6.07, 6.45) is -0.404. The van der Waals surface area contributed by atoms with Crippen LogP contribution >= 0.6 is 0 Å². The van der Waals surface area contributed by atoms with Gasteiger partial charge in [-0.1, -0.05) is 0 Å². The zero-order valence-electron chi connectivity index (χ0n) is 6.89. The van der Waals surface area contributed by atoms with Gasteiger partial charge in [-0.05, 0) is 20.8 Å². The number of β-amino-alcohol motifs (C(OH)–C–C–N with tert-alkyl or cyclic N) is 1. The minimum atomic E-state index is -0.404. The second-order valence-electron chi connectivity index (χ2n) is 3.05. The van der Waals surface area contributed by atoms with Gasteiger partial charge >= 0.3 is 0 Å². The summed E-state index contributed by atoms with van der Waals surface area (Å²) in [5.74, 6) is 0. The molecule has 0 bridgehead atoms. The molecule has 0 aliphatic carbocycles. The van der Waals surface area contributed by atoms with Crippen LogP contribution in [0.2, 0.25) is 0 Å². The van der Waals surface area contributed by atoms with Crippen LogP contribution in [0.15, 0.2) is 0 Å². The van der Waals surface area contributed by atoms with Crippen LogP contribution in [0.25, 0.3) is 0 Å². The molecule has 0 spiro atoms. The molecule has 62 valence electrons. The fraction of sp³-hybridized carbons (Fsp3) is 1.00. The van der Waals surface area contributed by atoms with E-state index >= 15 is 0 Å². The Kier molecular flexibility index (Phi) is 3.86. The van der Waals surface area contributed by atoms with Crippen molar-refractivity contribution in [2.45, 2.75) is 32.4 Å². The molecule has 0 saturated carbocycles. The first-order valence-electron chi connectivity index (χ1n) is 3.54. The standard InChI is InChI=1S/C7H17NO2/c1-6(10)7(2,3)8-4-5-9/h6,8-10H,4-5H2,1-3H3. The van der Waals surface area contributed by atoms with Crippen LogP contribution < -0.4 is 5.32 Å². The van der Waals surface area contributed by atoms with E-state index in [1.807, 2.05) is 13.8 Å². The predicted octanol–water partition coefficient (Wildman–Crippen LogP) is -0.272. The first kappa shape index (κ1) is 9.88. The molecular formula is C7H17NO2. The molecule has 1 unspecified atom stereocenters. The van der Waals surface area contributed by atoms with Crippen LogP contribution in [0, 0.1) is 0 Å². The van der Waals surface area contributed by atoms with Crippen molar-refractivity contribution in [3.63, 3.8) is 0 Å². The minimum Gasteiger partial charge on any atom is -0.395 e. The van der Waals surface area contributed by atoms with Gasteiger partial charge in [-0.2, -0.15) is 0 Å². The molecule has 1 atom stereocenters. The molecule has 0 aromatic carbocycles. The minimum absolute atomic E-state index is 0.107. The molecule has 10 heavy (non-hydrogen) atoms. The largest absolute Gasteiger partial charge is 0.395 e. The summed E-state index contributed by atoms with van der Waals surface area (Å²) >= 11 is 0. The summed E-state index contributed by atoms with van der Waals surface area (Å²) in [4.78, 5) is 0. The van der Waals surface area contributed by atoms with Gasteiger partial charge in [0.25, 0.3) is 0 Å². The zero-order valence-corrected chi connectivity index (χ0v) is 6.89. The third-order valence-electron chi connectivity index (χ3n) is 1.74. The second-order valence-corrected chi connectivity index (χ2v) is 3.05. The van der Waals surface area contributed by atoms with Gasteiger partial charge in [-0.25, -0.2) is 0 Å². The molecule has 0 radical (unpaired) electrons. The summed E-state index contributed by atoms with van der Waals surface area (Å²) in [5, 5.41) is 20.6. The first-order chi connectivity index (χ1) is 4.50. The lowest BCUT2D eigenvalue weighted by molar-refractivity contribution is 0.0927. The number of aliphatic hydroxyl groups is 2. The van der Waals surface area contributed by atoms with E-state index in [4.69, 9.17) is 10.2 Å². The van der Waals surface area contributed by atoms with E-state index in [1.165, 1.54) is 0 Å². The summed E-state index contributed by atoms with van der Waals surface area (Å²) in [6, 6.07) is 0. The summed E-state index contributed by atoms with van der Waals surface area (Å²) in [6.45, 7) is 6.15. The van der Waals surface area contributed by atoms with Gasteiger partial charge in [0.2, 0.25) is 0 Å². The van der Waals surface area contributed by atoms with Crippen molar-refractivity contribution >= 4 is 0 Å². The topological polar surface area (TPSA) is 52.5 Å². The van der Waals surface area contributed by atoms with E-state index in [9.17, 15) is 0 Å². The third kappa shape index (κ3) is 3.15. The third-order valence-corrected chi connectivity index (χ3v) is 1.74. The van der Waals surface area contributed by atoms with Crippen LogP contribution in [0.5, 0.6) is 0 Å². The van der Waals surface area contributed by atoms with Crippen molar-refractivity contribution in [2.75, 3.05) is 13.2 Å². The molecule has 3 heteroatoms. The maximum Gasteiger partial charge on any atom is 0.0688 e. The molecule has 3 N–H and O–H groups in total. The lowest BCUT2D eigenvalue weighted by Gasteiger charge is -2.29. The smallest absolute Gasteiger partial charge is 0.0688 e. The molecule has 0 aliphatic heterocycles. The average Bonchev–Trinajstić information content (AvgIpc) is 1.84. The number of aliphatic hydroxyl groups excluding tert-OH is 2. The van der Waals surface area contributed by atoms with Gasteiger partial charge in [-0.15, -0.1) is 0 Å². The van der Waals surface area contributed by atoms with Crippen LogP contribution in [-0.4, -0.2) is 35.0 Å². The van der Waals surface area contributed by atoms with Crippen LogP contribution in [0.1, 0.15) is 20.8 Å². The van der Waals surface area contributed by atoms with Gasteiger partial charge in [0.1, 0.15) is 0 Å². The Morgan fingerprint density at radius 3 is 2.30 bits per heavy atom. The maximum absolute atomic E-state index is 9.16. The lowest BCUT2D eigenvalue weighted by atomic mass is 9.99. The fourth-order valence-electron chi connectivity index (χ4n) is 0.526. The van der Waals surface area contributed by atoms with Crippen LogP contribution in [0.4, 0.5) is 0 Å². The Morgan fingerprint density at radius 1 is 1.50 bits per heavy atom. The van der Waals surface area contributed by atoms with E-state index in [0.717, 1.165) is 0 Å². The molecule has 0 aromatic rings. The summed E-state index contributed by atoms with van der Waals surface area (Å²) in [7, 11) is 0. The number of rotatable bonds is 4. The van der Waals surface area contributed by atoms with Gasteiger partial charge in [0.05, 0.1) is 12.7 Å². The highest BCUT2D eigenvalue weighted by Crippen LogP contribution is 2.06. The first-order valence-corrected chi connectivity index (χ1v) is 3.54. The summed E-state index contributed by atoms with van der Waals surface area (Å²) in [5.41, 5.74) is -0.303. The van der Waals surface area contributed by atoms with E-state index < -0.39 is 6.10 Å². The number of hydrogen-bond donors (Lipinski definition) is 3. The molecule has 0 fully saturated rings. The molecule has 0 heterocycles. The van der Waals surface area contributed by atoms with Crippen LogP contribution in [-0.2, 0) is 0 Å². The Morgan fingerprint density at radius 2 is 2.00 bits per heavy atom. The van der Waals surface area contributed by atoms with Crippen molar-refractivity contribution in [1.29, 1.82) is 0 Å². The molecule has 0 aliphatic rings.